The van der Waals surface area contributed by atoms with E-state index in [0.29, 0.717) is 13.2 Å². The minimum Gasteiger partial charge on any atom is -0.188 e. The van der Waals surface area contributed by atoms with Gasteiger partial charge in [0.05, 0.1) is 13.2 Å². The Morgan fingerprint density at radius 2 is 1.00 bits per heavy atom. The van der Waals surface area contributed by atoms with Crippen molar-refractivity contribution in [3.63, 3.8) is 0 Å². The maximum atomic E-state index is 11.1. The fraction of sp³-hybridized carbons (Fsp3) is 0.750. The zero-order chi connectivity index (χ0) is 20.3. The van der Waals surface area contributed by atoms with Crippen molar-refractivity contribution in [2.24, 2.45) is 0 Å². The smallest absolute Gasteiger partial charge is 0.188 e. The molecular weight excluding hydrogens is 367 g/mol. The van der Waals surface area contributed by atoms with Gasteiger partial charge in [-0.05, 0) is 25.0 Å². The van der Waals surface area contributed by atoms with Crippen molar-refractivity contribution in [3.05, 3.63) is 30.3 Å². The first-order chi connectivity index (χ1) is 13.7. The van der Waals surface area contributed by atoms with Gasteiger partial charge in [-0.25, -0.2) is 0 Å². The summed E-state index contributed by atoms with van der Waals surface area (Å²) in [6, 6.07) is 9.68. The van der Waals surface area contributed by atoms with E-state index in [1.165, 1.54) is 64.2 Å². The van der Waals surface area contributed by atoms with Crippen LogP contribution in [0.2, 0.25) is 0 Å². The van der Waals surface area contributed by atoms with Gasteiger partial charge >= 0.3 is 7.94 Å². The summed E-state index contributed by atoms with van der Waals surface area (Å²) in [5, 5.41) is 0.792. The largest absolute Gasteiger partial charge is 0.446 e. The highest BCUT2D eigenvalue weighted by Crippen LogP contribution is 2.55. The monoisotopic (exact) mass is 411 g/mol. The average molecular weight is 412 g/mol. The molecule has 0 amide bonds. The molecule has 0 aliphatic carbocycles. The van der Waals surface area contributed by atoms with Crippen LogP contribution in [-0.2, 0) is 9.05 Å². The fourth-order valence-electron chi connectivity index (χ4n) is 3.30. The number of unbranched alkanes of at least 4 members (excludes halogenated alkanes) is 12. The number of hydrogen-bond donors (Lipinski definition) is 1. The zero-order valence-corrected chi connectivity index (χ0v) is 19.3. The average Bonchev–Trinajstić information content (AvgIpc) is 2.72. The van der Waals surface area contributed by atoms with Crippen LogP contribution in [0.15, 0.2) is 30.3 Å². The van der Waals surface area contributed by atoms with Gasteiger partial charge in [-0.2, -0.15) is 13.9 Å². The maximum Gasteiger partial charge on any atom is 0.446 e. The Morgan fingerprint density at radius 1 is 0.607 bits per heavy atom. The molecule has 1 rings (SSSR count). The summed E-state index contributed by atoms with van der Waals surface area (Å²) in [4.78, 5) is 11.1. The first-order valence-electron chi connectivity index (χ1n) is 11.7. The standard InChI is InChI=1S/C24H44O3P/c1-3-5-7-9-11-13-18-22-26-28(25,24-20-16-15-17-21-24)27-23-19-14-12-10-8-6-4-2/h15-17,20-21,25H,3-14,18-19,22-23H2,1-2H3/q+1. The molecule has 0 atom stereocenters. The molecule has 1 N–H and O–H groups in total. The van der Waals surface area contributed by atoms with E-state index in [-0.39, 0.29) is 0 Å². The highest BCUT2D eigenvalue weighted by molar-refractivity contribution is 7.68. The molecule has 0 aliphatic heterocycles. The van der Waals surface area contributed by atoms with E-state index in [1.54, 1.807) is 0 Å². The Bertz CT molecular complexity index is 432. The van der Waals surface area contributed by atoms with Crippen LogP contribution >= 0.6 is 7.94 Å². The topological polar surface area (TPSA) is 38.7 Å². The second-order valence-electron chi connectivity index (χ2n) is 7.77. The lowest BCUT2D eigenvalue weighted by Crippen LogP contribution is -2.17. The van der Waals surface area contributed by atoms with Gasteiger partial charge in [-0.15, -0.1) is 0 Å². The summed E-state index contributed by atoms with van der Waals surface area (Å²) in [7, 11) is -2.95. The lowest BCUT2D eigenvalue weighted by molar-refractivity contribution is 0.179. The van der Waals surface area contributed by atoms with Crippen LogP contribution in [-0.4, -0.2) is 18.1 Å². The fourth-order valence-corrected chi connectivity index (χ4v) is 4.97. The molecule has 0 aromatic heterocycles. The zero-order valence-electron chi connectivity index (χ0n) is 18.4. The van der Waals surface area contributed by atoms with Crippen molar-refractivity contribution in [1.29, 1.82) is 0 Å². The molecule has 1 aromatic rings. The van der Waals surface area contributed by atoms with E-state index in [1.807, 2.05) is 30.3 Å². The molecule has 0 unspecified atom stereocenters. The van der Waals surface area contributed by atoms with Gasteiger partial charge in [0.1, 0.15) is 0 Å². The van der Waals surface area contributed by atoms with Crippen LogP contribution in [0.5, 0.6) is 0 Å². The Kier molecular flexibility index (Phi) is 15.9. The van der Waals surface area contributed by atoms with Crippen molar-refractivity contribution in [1.82, 2.24) is 0 Å². The highest BCUT2D eigenvalue weighted by atomic mass is 31.2. The summed E-state index contributed by atoms with van der Waals surface area (Å²) in [6.07, 6.45) is 17.3. The Labute approximate surface area is 174 Å². The first kappa shape index (κ1) is 25.6. The minimum atomic E-state index is -2.95. The minimum absolute atomic E-state index is 0.573. The molecule has 3 nitrogen and oxygen atoms in total. The van der Waals surface area contributed by atoms with Gasteiger partial charge in [0, 0.05) is 0 Å². The molecule has 0 heterocycles. The number of rotatable bonds is 19. The molecule has 0 fully saturated rings. The lowest BCUT2D eigenvalue weighted by atomic mass is 10.1. The van der Waals surface area contributed by atoms with E-state index in [2.05, 4.69) is 13.8 Å². The number of benzene rings is 1. The van der Waals surface area contributed by atoms with E-state index < -0.39 is 7.94 Å². The summed E-state index contributed by atoms with van der Waals surface area (Å²) in [5.41, 5.74) is 0. The summed E-state index contributed by atoms with van der Waals surface area (Å²) in [5.74, 6) is 0. The molecular formula is C24H44O3P+. The molecule has 1 aromatic carbocycles. The normalized spacial score (nSPS) is 11.8. The predicted octanol–water partition coefficient (Wildman–Crippen LogP) is 7.60. The van der Waals surface area contributed by atoms with Gasteiger partial charge in [0.25, 0.3) is 0 Å². The van der Waals surface area contributed by atoms with Gasteiger partial charge in [-0.1, -0.05) is 109 Å². The summed E-state index contributed by atoms with van der Waals surface area (Å²) in [6.45, 7) is 5.64. The molecule has 0 radical (unpaired) electrons. The summed E-state index contributed by atoms with van der Waals surface area (Å²) < 4.78 is 11.9. The van der Waals surface area contributed by atoms with Crippen LogP contribution in [0, 0.1) is 0 Å². The van der Waals surface area contributed by atoms with E-state index in [4.69, 9.17) is 9.05 Å². The Morgan fingerprint density at radius 3 is 1.43 bits per heavy atom. The van der Waals surface area contributed by atoms with Crippen LogP contribution in [0.25, 0.3) is 0 Å². The molecule has 0 aliphatic rings. The second-order valence-corrected chi connectivity index (χ2v) is 9.84. The maximum absolute atomic E-state index is 11.1. The Balaban J connectivity index is 2.30. The van der Waals surface area contributed by atoms with E-state index >= 15 is 0 Å². The third kappa shape index (κ3) is 12.2. The molecule has 162 valence electrons. The second kappa shape index (κ2) is 17.4. The first-order valence-corrected chi connectivity index (χ1v) is 13.3. The van der Waals surface area contributed by atoms with E-state index in [0.717, 1.165) is 31.0 Å². The van der Waals surface area contributed by atoms with Gasteiger partial charge in [0.2, 0.25) is 0 Å². The van der Waals surface area contributed by atoms with Crippen molar-refractivity contribution in [2.45, 2.75) is 104 Å². The molecule has 0 saturated carbocycles. The third-order valence-electron chi connectivity index (χ3n) is 5.11. The summed E-state index contributed by atoms with van der Waals surface area (Å²) >= 11 is 0. The third-order valence-corrected chi connectivity index (χ3v) is 7.13. The van der Waals surface area contributed by atoms with Gasteiger partial charge < -0.3 is 0 Å². The molecule has 28 heavy (non-hydrogen) atoms. The quantitative estimate of drug-likeness (QED) is 0.188. The molecule has 0 bridgehead atoms. The predicted molar refractivity (Wildman–Crippen MR) is 123 cm³/mol. The van der Waals surface area contributed by atoms with E-state index in [9.17, 15) is 4.89 Å². The van der Waals surface area contributed by atoms with Crippen LogP contribution in [0.4, 0.5) is 0 Å². The highest BCUT2D eigenvalue weighted by Gasteiger charge is 2.43. The molecule has 4 heteroatoms. The lowest BCUT2D eigenvalue weighted by Gasteiger charge is -2.17. The Hall–Kier alpha value is -0.470. The SMILES string of the molecule is CCCCCCCCCO[P+](O)(OCCCCCCCCC)c1ccccc1. The number of hydrogen-bond acceptors (Lipinski definition) is 3. The van der Waals surface area contributed by atoms with Crippen molar-refractivity contribution < 1.29 is 13.9 Å². The van der Waals surface area contributed by atoms with Gasteiger partial charge in [0.15, 0.2) is 5.30 Å². The van der Waals surface area contributed by atoms with Crippen molar-refractivity contribution in [3.8, 4) is 0 Å². The van der Waals surface area contributed by atoms with Crippen molar-refractivity contribution in [2.75, 3.05) is 13.2 Å². The molecule has 0 spiro atoms. The van der Waals surface area contributed by atoms with Crippen LogP contribution in [0.3, 0.4) is 0 Å². The van der Waals surface area contributed by atoms with Crippen LogP contribution < -0.4 is 5.30 Å². The van der Waals surface area contributed by atoms with Crippen LogP contribution in [0.1, 0.15) is 104 Å². The van der Waals surface area contributed by atoms with Gasteiger partial charge in [-0.3, -0.25) is 0 Å². The van der Waals surface area contributed by atoms with Crippen molar-refractivity contribution >= 4 is 13.2 Å². The molecule has 0 saturated heterocycles.